The van der Waals surface area contributed by atoms with Crippen molar-refractivity contribution in [1.82, 2.24) is 0 Å². The highest BCUT2D eigenvalue weighted by atomic mass is 79.9. The molecule has 0 unspecified atom stereocenters. The molecule has 0 fully saturated rings. The number of methoxy groups -OCH3 is 3. The molecule has 0 aliphatic heterocycles. The fourth-order valence-corrected chi connectivity index (χ4v) is 3.15. The quantitative estimate of drug-likeness (QED) is 0.439. The number of carbonyl (C=O) groups excluding carboxylic acids is 1. The predicted octanol–water partition coefficient (Wildman–Crippen LogP) is 4.85. The average Bonchev–Trinajstić information content (AvgIpc) is 2.66. The number of esters is 1. The van der Waals surface area contributed by atoms with Crippen molar-refractivity contribution in [3.8, 4) is 23.0 Å². The SMILES string of the molecule is COc1cc(OC)c(C(=O)Oc2ccc3c(Br)cccc3c2)cc1OC. The van der Waals surface area contributed by atoms with Gasteiger partial charge in [-0.2, -0.15) is 0 Å². The summed E-state index contributed by atoms with van der Waals surface area (Å²) in [5.41, 5.74) is 0.250. The van der Waals surface area contributed by atoms with E-state index in [0.717, 1.165) is 15.2 Å². The van der Waals surface area contributed by atoms with E-state index in [2.05, 4.69) is 15.9 Å². The summed E-state index contributed by atoms with van der Waals surface area (Å²) in [6.07, 6.45) is 0. The summed E-state index contributed by atoms with van der Waals surface area (Å²) in [4.78, 5) is 12.7. The molecule has 0 heterocycles. The highest BCUT2D eigenvalue weighted by Crippen LogP contribution is 2.35. The Morgan fingerprint density at radius 2 is 1.54 bits per heavy atom. The van der Waals surface area contributed by atoms with E-state index in [9.17, 15) is 4.79 Å². The molecule has 3 aromatic rings. The number of hydrogen-bond donors (Lipinski definition) is 0. The molecule has 0 aliphatic carbocycles. The standard InChI is InChI=1S/C20H17BrO5/c1-23-17-11-19(25-3)18(24-2)10-15(17)20(22)26-13-7-8-14-12(9-13)5-4-6-16(14)21/h4-11H,1-3H3. The van der Waals surface area contributed by atoms with Gasteiger partial charge >= 0.3 is 5.97 Å². The lowest BCUT2D eigenvalue weighted by Gasteiger charge is -2.13. The molecule has 3 rings (SSSR count). The average molecular weight is 417 g/mol. The predicted molar refractivity (Wildman–Crippen MR) is 103 cm³/mol. The zero-order valence-corrected chi connectivity index (χ0v) is 16.1. The Morgan fingerprint density at radius 3 is 2.23 bits per heavy atom. The van der Waals surface area contributed by atoms with E-state index in [1.54, 1.807) is 12.1 Å². The highest BCUT2D eigenvalue weighted by Gasteiger charge is 2.19. The second kappa shape index (κ2) is 7.66. The number of hydrogen-bond acceptors (Lipinski definition) is 5. The number of ether oxygens (including phenoxy) is 4. The van der Waals surface area contributed by atoms with Crippen molar-refractivity contribution in [2.75, 3.05) is 21.3 Å². The zero-order chi connectivity index (χ0) is 18.7. The van der Waals surface area contributed by atoms with Gasteiger partial charge in [0.1, 0.15) is 17.1 Å². The van der Waals surface area contributed by atoms with Crippen molar-refractivity contribution in [2.24, 2.45) is 0 Å². The van der Waals surface area contributed by atoms with Crippen molar-refractivity contribution in [2.45, 2.75) is 0 Å². The molecule has 0 amide bonds. The first-order chi connectivity index (χ1) is 12.6. The Labute approximate surface area is 159 Å². The highest BCUT2D eigenvalue weighted by molar-refractivity contribution is 9.10. The van der Waals surface area contributed by atoms with Gasteiger partial charge in [-0.15, -0.1) is 0 Å². The largest absolute Gasteiger partial charge is 0.496 e. The van der Waals surface area contributed by atoms with Crippen LogP contribution in [0.2, 0.25) is 0 Å². The van der Waals surface area contributed by atoms with Crippen molar-refractivity contribution in [3.63, 3.8) is 0 Å². The number of halogens is 1. The normalized spacial score (nSPS) is 10.5. The van der Waals surface area contributed by atoms with Crippen LogP contribution in [-0.4, -0.2) is 27.3 Å². The van der Waals surface area contributed by atoms with E-state index in [-0.39, 0.29) is 5.56 Å². The molecule has 0 aromatic heterocycles. The van der Waals surface area contributed by atoms with E-state index in [0.29, 0.717) is 23.0 Å². The van der Waals surface area contributed by atoms with E-state index >= 15 is 0 Å². The third kappa shape index (κ3) is 3.46. The van der Waals surface area contributed by atoms with Crippen LogP contribution < -0.4 is 18.9 Å². The molecule has 0 atom stereocenters. The first kappa shape index (κ1) is 18.1. The molecule has 5 nitrogen and oxygen atoms in total. The van der Waals surface area contributed by atoms with Gasteiger partial charge < -0.3 is 18.9 Å². The first-order valence-electron chi connectivity index (χ1n) is 7.78. The topological polar surface area (TPSA) is 54.0 Å². The molecule has 0 N–H and O–H groups in total. The minimum atomic E-state index is -0.544. The fourth-order valence-electron chi connectivity index (χ4n) is 2.64. The van der Waals surface area contributed by atoms with Gasteiger partial charge in [0.2, 0.25) is 0 Å². The molecule has 26 heavy (non-hydrogen) atoms. The molecular formula is C20H17BrO5. The summed E-state index contributed by atoms with van der Waals surface area (Å²) >= 11 is 3.51. The summed E-state index contributed by atoms with van der Waals surface area (Å²) in [5, 5.41) is 2.00. The summed E-state index contributed by atoms with van der Waals surface area (Å²) in [6.45, 7) is 0. The maximum atomic E-state index is 12.7. The van der Waals surface area contributed by atoms with Crippen LogP contribution in [0.5, 0.6) is 23.0 Å². The maximum absolute atomic E-state index is 12.7. The second-order valence-corrected chi connectivity index (χ2v) is 6.27. The summed E-state index contributed by atoms with van der Waals surface area (Å²) < 4.78 is 22.3. The lowest BCUT2D eigenvalue weighted by atomic mass is 10.1. The molecule has 0 radical (unpaired) electrons. The van der Waals surface area contributed by atoms with Crippen LogP contribution in [0.1, 0.15) is 10.4 Å². The van der Waals surface area contributed by atoms with Crippen molar-refractivity contribution < 1.29 is 23.7 Å². The number of rotatable bonds is 5. The van der Waals surface area contributed by atoms with Gasteiger partial charge in [-0.05, 0) is 35.0 Å². The monoisotopic (exact) mass is 416 g/mol. The van der Waals surface area contributed by atoms with Gasteiger partial charge in [0.05, 0.1) is 21.3 Å². The van der Waals surface area contributed by atoms with Crippen LogP contribution in [0.3, 0.4) is 0 Å². The summed E-state index contributed by atoms with van der Waals surface area (Å²) in [6, 6.07) is 14.4. The molecule has 6 heteroatoms. The number of fused-ring (bicyclic) bond motifs is 1. The Hall–Kier alpha value is -2.73. The Morgan fingerprint density at radius 1 is 0.846 bits per heavy atom. The Bertz CT molecular complexity index is 968. The molecule has 134 valence electrons. The maximum Gasteiger partial charge on any atom is 0.347 e. The molecule has 0 bridgehead atoms. The van der Waals surface area contributed by atoms with Gasteiger partial charge in [-0.3, -0.25) is 0 Å². The molecule has 0 saturated carbocycles. The molecule has 0 saturated heterocycles. The summed E-state index contributed by atoms with van der Waals surface area (Å²) in [5.74, 6) is 1.13. The van der Waals surface area contributed by atoms with Crippen molar-refractivity contribution in [1.29, 1.82) is 0 Å². The van der Waals surface area contributed by atoms with E-state index in [1.807, 2.05) is 30.3 Å². The zero-order valence-electron chi connectivity index (χ0n) is 14.5. The van der Waals surface area contributed by atoms with Crippen LogP contribution >= 0.6 is 15.9 Å². The van der Waals surface area contributed by atoms with Gasteiger partial charge in [0.25, 0.3) is 0 Å². The van der Waals surface area contributed by atoms with E-state index < -0.39 is 5.97 Å². The summed E-state index contributed by atoms with van der Waals surface area (Å²) in [7, 11) is 4.49. The first-order valence-corrected chi connectivity index (χ1v) is 8.57. The third-order valence-electron chi connectivity index (χ3n) is 3.93. The van der Waals surface area contributed by atoms with E-state index in [1.165, 1.54) is 27.4 Å². The van der Waals surface area contributed by atoms with Crippen LogP contribution in [-0.2, 0) is 0 Å². The van der Waals surface area contributed by atoms with Crippen molar-refractivity contribution in [3.05, 3.63) is 58.6 Å². The molecular weight excluding hydrogens is 400 g/mol. The van der Waals surface area contributed by atoms with Gasteiger partial charge in [-0.25, -0.2) is 4.79 Å². The molecule has 3 aromatic carbocycles. The lowest BCUT2D eigenvalue weighted by Crippen LogP contribution is -2.11. The molecule has 0 aliphatic rings. The smallest absolute Gasteiger partial charge is 0.347 e. The number of benzene rings is 3. The Balaban J connectivity index is 1.95. The van der Waals surface area contributed by atoms with Crippen LogP contribution in [0.4, 0.5) is 0 Å². The van der Waals surface area contributed by atoms with Gasteiger partial charge in [0, 0.05) is 16.6 Å². The lowest BCUT2D eigenvalue weighted by molar-refractivity contribution is 0.0731. The molecule has 0 spiro atoms. The van der Waals surface area contributed by atoms with E-state index in [4.69, 9.17) is 18.9 Å². The van der Waals surface area contributed by atoms with Crippen LogP contribution in [0.25, 0.3) is 10.8 Å². The minimum Gasteiger partial charge on any atom is -0.496 e. The Kier molecular flexibility index (Phi) is 5.32. The minimum absolute atomic E-state index is 0.250. The van der Waals surface area contributed by atoms with Gasteiger partial charge in [-0.1, -0.05) is 28.1 Å². The second-order valence-electron chi connectivity index (χ2n) is 5.42. The van der Waals surface area contributed by atoms with Gasteiger partial charge in [0.15, 0.2) is 11.5 Å². The number of carbonyl (C=O) groups is 1. The third-order valence-corrected chi connectivity index (χ3v) is 4.63. The fraction of sp³-hybridized carbons (Fsp3) is 0.150. The van der Waals surface area contributed by atoms with Crippen LogP contribution in [0, 0.1) is 0 Å². The van der Waals surface area contributed by atoms with Crippen LogP contribution in [0.15, 0.2) is 53.0 Å². The van der Waals surface area contributed by atoms with Crippen molar-refractivity contribution >= 4 is 32.7 Å².